The lowest BCUT2D eigenvalue weighted by Gasteiger charge is -2.33. The van der Waals surface area contributed by atoms with E-state index in [4.69, 9.17) is 0 Å². The standard InChI is InChI=1S/C16H24N2O2S/c1-12-6-3-4-10-18(12)11-5-9-17-16(20)15-8-7-14(21-15)13(2)19/h7-8,12H,3-6,9-11H2,1-2H3,(H,17,20)/t12-/m1/s1. The molecule has 0 aliphatic carbocycles. The third kappa shape index (κ3) is 4.64. The molecule has 1 aromatic rings. The quantitative estimate of drug-likeness (QED) is 0.649. The van der Waals surface area contributed by atoms with Crippen LogP contribution < -0.4 is 5.32 Å². The number of piperidine rings is 1. The predicted octanol–water partition coefficient (Wildman–Crippen LogP) is 2.95. The van der Waals surface area contributed by atoms with Gasteiger partial charge in [-0.2, -0.15) is 0 Å². The summed E-state index contributed by atoms with van der Waals surface area (Å²) in [6.45, 7) is 6.72. The maximum atomic E-state index is 12.0. The molecule has 0 radical (unpaired) electrons. The maximum absolute atomic E-state index is 12.0. The number of amides is 1. The summed E-state index contributed by atoms with van der Waals surface area (Å²) in [5.74, 6) is -0.0580. The molecule has 0 saturated carbocycles. The summed E-state index contributed by atoms with van der Waals surface area (Å²) >= 11 is 1.26. The Bertz CT molecular complexity index is 498. The smallest absolute Gasteiger partial charge is 0.261 e. The van der Waals surface area contributed by atoms with E-state index >= 15 is 0 Å². The molecule has 0 unspecified atom stereocenters. The summed E-state index contributed by atoms with van der Waals surface area (Å²) in [6, 6.07) is 4.12. The van der Waals surface area contributed by atoms with Gasteiger partial charge in [0.1, 0.15) is 0 Å². The number of hydrogen-bond acceptors (Lipinski definition) is 4. The van der Waals surface area contributed by atoms with Crippen LogP contribution in [0.2, 0.25) is 0 Å². The van der Waals surface area contributed by atoms with E-state index in [-0.39, 0.29) is 11.7 Å². The molecule has 5 heteroatoms. The predicted molar refractivity (Wildman–Crippen MR) is 86.2 cm³/mol. The van der Waals surface area contributed by atoms with Gasteiger partial charge in [0.15, 0.2) is 5.78 Å². The van der Waals surface area contributed by atoms with E-state index in [0.717, 1.165) is 13.0 Å². The molecule has 1 aliphatic heterocycles. The van der Waals surface area contributed by atoms with Crippen LogP contribution in [0.15, 0.2) is 12.1 Å². The van der Waals surface area contributed by atoms with Gasteiger partial charge in [0.05, 0.1) is 9.75 Å². The minimum atomic E-state index is -0.0702. The molecule has 0 bridgehead atoms. The summed E-state index contributed by atoms with van der Waals surface area (Å²) in [5.41, 5.74) is 0. The van der Waals surface area contributed by atoms with Gasteiger partial charge in [-0.1, -0.05) is 6.42 Å². The van der Waals surface area contributed by atoms with E-state index in [0.29, 0.717) is 22.3 Å². The Hall–Kier alpha value is -1.20. The van der Waals surface area contributed by atoms with Gasteiger partial charge in [0.25, 0.3) is 5.91 Å². The molecule has 21 heavy (non-hydrogen) atoms. The normalized spacial score (nSPS) is 19.4. The lowest BCUT2D eigenvalue weighted by atomic mass is 10.0. The minimum Gasteiger partial charge on any atom is -0.351 e. The van der Waals surface area contributed by atoms with E-state index in [2.05, 4.69) is 17.1 Å². The van der Waals surface area contributed by atoms with Crippen molar-refractivity contribution < 1.29 is 9.59 Å². The van der Waals surface area contributed by atoms with Crippen LogP contribution in [0.4, 0.5) is 0 Å². The molecular formula is C16H24N2O2S. The Balaban J connectivity index is 1.70. The van der Waals surface area contributed by atoms with Crippen LogP contribution in [0.25, 0.3) is 0 Å². The average molecular weight is 308 g/mol. The molecule has 1 aromatic heterocycles. The number of Topliss-reactive ketones (excluding diaryl/α,β-unsaturated/α-hetero) is 1. The monoisotopic (exact) mass is 308 g/mol. The van der Waals surface area contributed by atoms with Crippen LogP contribution in [-0.2, 0) is 0 Å². The van der Waals surface area contributed by atoms with E-state index in [9.17, 15) is 9.59 Å². The first-order valence-electron chi connectivity index (χ1n) is 7.71. The summed E-state index contributed by atoms with van der Waals surface area (Å²) < 4.78 is 0. The first kappa shape index (κ1) is 16.2. The highest BCUT2D eigenvalue weighted by molar-refractivity contribution is 7.15. The SMILES string of the molecule is CC(=O)c1ccc(C(=O)NCCCN2CCCC[C@H]2C)s1. The lowest BCUT2D eigenvalue weighted by Crippen LogP contribution is -2.39. The highest BCUT2D eigenvalue weighted by Crippen LogP contribution is 2.17. The molecule has 1 amide bonds. The van der Waals surface area contributed by atoms with Gasteiger partial charge in [-0.05, 0) is 51.8 Å². The van der Waals surface area contributed by atoms with Crippen LogP contribution in [-0.4, -0.2) is 42.3 Å². The van der Waals surface area contributed by atoms with Crippen molar-refractivity contribution in [2.75, 3.05) is 19.6 Å². The number of nitrogens with zero attached hydrogens (tertiary/aromatic N) is 1. The number of rotatable bonds is 6. The Morgan fingerprint density at radius 1 is 1.33 bits per heavy atom. The third-order valence-electron chi connectivity index (χ3n) is 4.03. The Morgan fingerprint density at radius 2 is 2.10 bits per heavy atom. The second-order valence-electron chi connectivity index (χ2n) is 5.71. The topological polar surface area (TPSA) is 49.4 Å². The van der Waals surface area contributed by atoms with Gasteiger partial charge in [-0.3, -0.25) is 9.59 Å². The summed E-state index contributed by atoms with van der Waals surface area (Å²) in [6.07, 6.45) is 4.89. The van der Waals surface area contributed by atoms with Crippen molar-refractivity contribution in [1.82, 2.24) is 10.2 Å². The van der Waals surface area contributed by atoms with Crippen molar-refractivity contribution in [3.63, 3.8) is 0 Å². The van der Waals surface area contributed by atoms with Gasteiger partial charge in [0.2, 0.25) is 0 Å². The first-order valence-corrected chi connectivity index (χ1v) is 8.52. The second kappa shape index (κ2) is 7.71. The number of carbonyl (C=O) groups excluding carboxylic acids is 2. The van der Waals surface area contributed by atoms with Crippen molar-refractivity contribution >= 4 is 23.0 Å². The number of likely N-dealkylation sites (tertiary alicyclic amines) is 1. The molecule has 1 aliphatic rings. The van der Waals surface area contributed by atoms with E-state index < -0.39 is 0 Å². The van der Waals surface area contributed by atoms with Gasteiger partial charge in [-0.25, -0.2) is 0 Å². The number of ketones is 1. The fraction of sp³-hybridized carbons (Fsp3) is 0.625. The van der Waals surface area contributed by atoms with Crippen molar-refractivity contribution in [3.05, 3.63) is 21.9 Å². The van der Waals surface area contributed by atoms with Crippen molar-refractivity contribution in [2.45, 2.75) is 45.6 Å². The molecule has 1 fully saturated rings. The minimum absolute atomic E-state index is 0.0122. The largest absolute Gasteiger partial charge is 0.351 e. The second-order valence-corrected chi connectivity index (χ2v) is 6.79. The van der Waals surface area contributed by atoms with Crippen LogP contribution >= 0.6 is 11.3 Å². The third-order valence-corrected chi connectivity index (χ3v) is 5.21. The highest BCUT2D eigenvalue weighted by Gasteiger charge is 2.17. The van der Waals surface area contributed by atoms with Crippen LogP contribution in [0, 0.1) is 0 Å². The number of hydrogen-bond donors (Lipinski definition) is 1. The van der Waals surface area contributed by atoms with Gasteiger partial charge < -0.3 is 10.2 Å². The molecule has 2 heterocycles. The zero-order valence-electron chi connectivity index (χ0n) is 12.9. The van der Waals surface area contributed by atoms with Gasteiger partial charge in [-0.15, -0.1) is 11.3 Å². The molecule has 116 valence electrons. The van der Waals surface area contributed by atoms with Crippen molar-refractivity contribution in [1.29, 1.82) is 0 Å². The molecule has 0 aromatic carbocycles. The maximum Gasteiger partial charge on any atom is 0.261 e. The molecule has 2 rings (SSSR count). The molecule has 1 atom stereocenters. The summed E-state index contributed by atoms with van der Waals surface area (Å²) in [5, 5.41) is 2.94. The number of thiophene rings is 1. The fourth-order valence-electron chi connectivity index (χ4n) is 2.71. The Morgan fingerprint density at radius 3 is 2.76 bits per heavy atom. The average Bonchev–Trinajstić information content (AvgIpc) is 2.95. The fourth-order valence-corrected chi connectivity index (χ4v) is 3.53. The van der Waals surface area contributed by atoms with Crippen molar-refractivity contribution in [2.24, 2.45) is 0 Å². The molecule has 4 nitrogen and oxygen atoms in total. The van der Waals surface area contributed by atoms with E-state index in [1.165, 1.54) is 44.1 Å². The van der Waals surface area contributed by atoms with E-state index in [1.807, 2.05) is 0 Å². The highest BCUT2D eigenvalue weighted by atomic mass is 32.1. The summed E-state index contributed by atoms with van der Waals surface area (Å²) in [7, 11) is 0. The van der Waals surface area contributed by atoms with Crippen molar-refractivity contribution in [3.8, 4) is 0 Å². The number of carbonyl (C=O) groups is 2. The summed E-state index contributed by atoms with van der Waals surface area (Å²) in [4.78, 5) is 27.0. The number of nitrogens with one attached hydrogen (secondary N) is 1. The first-order chi connectivity index (χ1) is 10.1. The molecule has 1 saturated heterocycles. The van der Waals surface area contributed by atoms with Crippen LogP contribution in [0.3, 0.4) is 0 Å². The Kier molecular flexibility index (Phi) is 5.94. The van der Waals surface area contributed by atoms with Gasteiger partial charge >= 0.3 is 0 Å². The molecule has 1 N–H and O–H groups in total. The molecule has 0 spiro atoms. The Labute approximate surface area is 130 Å². The van der Waals surface area contributed by atoms with Crippen LogP contribution in [0.5, 0.6) is 0 Å². The van der Waals surface area contributed by atoms with E-state index in [1.54, 1.807) is 12.1 Å². The zero-order valence-corrected chi connectivity index (χ0v) is 13.7. The van der Waals surface area contributed by atoms with Gasteiger partial charge in [0, 0.05) is 19.1 Å². The van der Waals surface area contributed by atoms with Crippen LogP contribution in [0.1, 0.15) is 58.9 Å². The lowest BCUT2D eigenvalue weighted by molar-refractivity contribution is 0.0952. The molecular weight excluding hydrogens is 284 g/mol. The zero-order chi connectivity index (χ0) is 15.2.